The van der Waals surface area contributed by atoms with E-state index in [-0.39, 0.29) is 35.5 Å². The van der Waals surface area contributed by atoms with Crippen LogP contribution in [0.3, 0.4) is 0 Å². The van der Waals surface area contributed by atoms with Crippen molar-refractivity contribution in [3.63, 3.8) is 0 Å². The number of nitrogens with zero attached hydrogens (tertiary/aromatic N) is 2. The molecule has 5 nitrogen and oxygen atoms in total. The number of hydrazone groups is 1. The lowest BCUT2D eigenvalue weighted by molar-refractivity contribution is -0.140. The van der Waals surface area contributed by atoms with Crippen molar-refractivity contribution in [3.05, 3.63) is 76.8 Å². The number of allylic oxidation sites excluding steroid dienone is 2. The molecule has 2 amide bonds. The zero-order chi connectivity index (χ0) is 20.7. The molecule has 6 rings (SSSR count). The molecule has 1 saturated heterocycles. The molecule has 2 fully saturated rings. The van der Waals surface area contributed by atoms with Gasteiger partial charge in [-0.25, -0.2) is 0 Å². The van der Waals surface area contributed by atoms with E-state index in [1.54, 1.807) is 0 Å². The number of hydrogen-bond donors (Lipinski definition) is 0. The van der Waals surface area contributed by atoms with Crippen molar-refractivity contribution in [1.82, 2.24) is 5.01 Å². The molecule has 0 aromatic heterocycles. The molecule has 1 heterocycles. The van der Waals surface area contributed by atoms with Crippen molar-refractivity contribution < 1.29 is 14.3 Å². The first kappa shape index (κ1) is 19.1. The molecule has 6 heteroatoms. The first-order valence-corrected chi connectivity index (χ1v) is 10.6. The number of halogens is 1. The number of hydrogen-bond acceptors (Lipinski definition) is 4. The summed E-state index contributed by atoms with van der Waals surface area (Å²) >= 11 is 6.03. The summed E-state index contributed by atoms with van der Waals surface area (Å²) in [5, 5.41) is 6.01. The van der Waals surface area contributed by atoms with Crippen LogP contribution in [0.5, 0.6) is 5.75 Å². The number of para-hydroxylation sites is 1. The van der Waals surface area contributed by atoms with E-state index in [2.05, 4.69) is 17.3 Å². The number of carbonyl (C=O) groups excluding carboxylic acids is 2. The number of imide groups is 1. The second-order valence-electron chi connectivity index (χ2n) is 8.03. The topological polar surface area (TPSA) is 59.0 Å². The first-order chi connectivity index (χ1) is 14.6. The average molecular weight is 421 g/mol. The molecule has 4 aliphatic rings. The Labute approximate surface area is 180 Å². The fourth-order valence-corrected chi connectivity index (χ4v) is 5.01. The van der Waals surface area contributed by atoms with Crippen molar-refractivity contribution >= 4 is 29.6 Å². The summed E-state index contributed by atoms with van der Waals surface area (Å²) in [6, 6.07) is 14.9. The van der Waals surface area contributed by atoms with Crippen LogP contribution in [0.2, 0.25) is 5.02 Å². The zero-order valence-electron chi connectivity index (χ0n) is 16.3. The van der Waals surface area contributed by atoms with Crippen LogP contribution in [-0.4, -0.2) is 23.0 Å². The van der Waals surface area contributed by atoms with Crippen molar-refractivity contribution in [1.29, 1.82) is 0 Å². The first-order valence-electron chi connectivity index (χ1n) is 10.2. The summed E-state index contributed by atoms with van der Waals surface area (Å²) < 4.78 is 5.94. The van der Waals surface area contributed by atoms with Gasteiger partial charge in [0.1, 0.15) is 12.4 Å². The molecule has 0 radical (unpaired) electrons. The predicted octanol–water partition coefficient (Wildman–Crippen LogP) is 4.45. The van der Waals surface area contributed by atoms with Crippen molar-refractivity contribution in [2.75, 3.05) is 0 Å². The molecule has 0 spiro atoms. The molecule has 1 saturated carbocycles. The third kappa shape index (κ3) is 3.33. The monoisotopic (exact) mass is 420 g/mol. The molecular weight excluding hydrogens is 400 g/mol. The van der Waals surface area contributed by atoms with Gasteiger partial charge in [0.15, 0.2) is 0 Å². The Morgan fingerprint density at radius 3 is 2.37 bits per heavy atom. The molecule has 152 valence electrons. The largest absolute Gasteiger partial charge is 0.488 e. The smallest absolute Gasteiger partial charge is 0.254 e. The third-order valence-electron chi connectivity index (χ3n) is 6.25. The fourth-order valence-electron chi connectivity index (χ4n) is 4.80. The molecule has 2 aromatic rings. The number of benzene rings is 2. The lowest BCUT2D eigenvalue weighted by Crippen LogP contribution is -2.38. The van der Waals surface area contributed by atoms with Gasteiger partial charge >= 0.3 is 0 Å². The summed E-state index contributed by atoms with van der Waals surface area (Å²) in [4.78, 5) is 25.8. The van der Waals surface area contributed by atoms with Gasteiger partial charge in [-0.1, -0.05) is 48.0 Å². The van der Waals surface area contributed by atoms with Gasteiger partial charge in [0.25, 0.3) is 11.8 Å². The van der Waals surface area contributed by atoms with E-state index in [1.807, 2.05) is 48.5 Å². The van der Waals surface area contributed by atoms with Crippen molar-refractivity contribution in [2.24, 2.45) is 28.8 Å². The molecule has 2 bridgehead atoms. The highest BCUT2D eigenvalue weighted by molar-refractivity contribution is 6.30. The van der Waals surface area contributed by atoms with Gasteiger partial charge in [-0.2, -0.15) is 10.1 Å². The number of carbonyl (C=O) groups is 2. The van der Waals surface area contributed by atoms with Gasteiger partial charge < -0.3 is 4.74 Å². The molecule has 2 aromatic carbocycles. The fraction of sp³-hybridized carbons (Fsp3) is 0.292. The van der Waals surface area contributed by atoms with Crippen LogP contribution in [0.15, 0.2) is 65.8 Å². The minimum atomic E-state index is -0.257. The van der Waals surface area contributed by atoms with Crippen LogP contribution in [-0.2, 0) is 16.2 Å². The van der Waals surface area contributed by atoms with Crippen LogP contribution in [0.25, 0.3) is 0 Å². The molecule has 4 atom stereocenters. The van der Waals surface area contributed by atoms with E-state index in [9.17, 15) is 9.59 Å². The lowest BCUT2D eigenvalue weighted by Gasteiger charge is -2.37. The van der Waals surface area contributed by atoms with Crippen LogP contribution in [0, 0.1) is 23.7 Å². The van der Waals surface area contributed by atoms with Gasteiger partial charge in [-0.05, 0) is 54.5 Å². The maximum atomic E-state index is 12.9. The number of ether oxygens (including phenoxy) is 1. The minimum absolute atomic E-state index is 0.157. The molecule has 30 heavy (non-hydrogen) atoms. The Morgan fingerprint density at radius 1 is 1.00 bits per heavy atom. The van der Waals surface area contributed by atoms with Crippen molar-refractivity contribution in [3.8, 4) is 5.75 Å². The Morgan fingerprint density at radius 2 is 1.70 bits per heavy atom. The standard InChI is InChI=1S/C24H21ClN2O3/c25-19-6-3-4-15(12-19)14-30-20-7-2-1-5-18(20)13-26-27-23(28)21-16-8-9-17(11-10-16)22(21)24(27)29/h1-9,12-13,16-17,21-22H,10-11,14H2/b26-13-/t16-,17-,21-,22+/m0/s1. The van der Waals surface area contributed by atoms with Crippen molar-refractivity contribution in [2.45, 2.75) is 19.4 Å². The number of fused-ring (bicyclic) bond motifs is 1. The highest BCUT2D eigenvalue weighted by Crippen LogP contribution is 2.49. The predicted molar refractivity (Wildman–Crippen MR) is 114 cm³/mol. The number of rotatable bonds is 5. The summed E-state index contributed by atoms with van der Waals surface area (Å²) in [6.45, 7) is 0.353. The molecule has 1 aliphatic heterocycles. The summed E-state index contributed by atoms with van der Waals surface area (Å²) in [5.74, 6) is 0.0603. The molecule has 3 aliphatic carbocycles. The zero-order valence-corrected chi connectivity index (χ0v) is 17.0. The van der Waals surface area contributed by atoms with E-state index in [0.717, 1.165) is 23.4 Å². The summed E-state index contributed by atoms with van der Waals surface area (Å²) in [6.07, 6.45) is 7.69. The summed E-state index contributed by atoms with van der Waals surface area (Å²) in [7, 11) is 0. The second-order valence-corrected chi connectivity index (χ2v) is 8.47. The van der Waals surface area contributed by atoms with Gasteiger partial charge in [0, 0.05) is 10.6 Å². The Kier molecular flexibility index (Phi) is 4.91. The van der Waals surface area contributed by atoms with E-state index >= 15 is 0 Å². The average Bonchev–Trinajstić information content (AvgIpc) is 3.04. The quantitative estimate of drug-likeness (QED) is 0.408. The summed E-state index contributed by atoms with van der Waals surface area (Å²) in [5.41, 5.74) is 1.65. The molecule has 0 N–H and O–H groups in total. The second kappa shape index (κ2) is 7.73. The number of amides is 2. The van der Waals surface area contributed by atoms with Crippen LogP contribution < -0.4 is 4.74 Å². The normalized spacial score (nSPS) is 27.2. The van der Waals surface area contributed by atoms with Gasteiger partial charge in [-0.15, -0.1) is 0 Å². The van der Waals surface area contributed by atoms with Crippen LogP contribution in [0.1, 0.15) is 24.0 Å². The van der Waals surface area contributed by atoms with Crippen LogP contribution in [0.4, 0.5) is 0 Å². The molecular formula is C24H21ClN2O3. The van der Waals surface area contributed by atoms with E-state index in [0.29, 0.717) is 22.9 Å². The Balaban J connectivity index is 1.34. The highest BCUT2D eigenvalue weighted by atomic mass is 35.5. The van der Waals surface area contributed by atoms with Gasteiger partial charge in [0.05, 0.1) is 18.1 Å². The minimum Gasteiger partial charge on any atom is -0.488 e. The van der Waals surface area contributed by atoms with E-state index in [4.69, 9.17) is 16.3 Å². The van der Waals surface area contributed by atoms with E-state index < -0.39 is 0 Å². The Hall–Kier alpha value is -2.92. The van der Waals surface area contributed by atoms with Gasteiger partial charge in [0.2, 0.25) is 0 Å². The SMILES string of the molecule is O=C1[C@@H]2[C@H](C(=O)N1/N=C\c1ccccc1OCc1cccc(Cl)c1)[C@H]1C=C[C@H]2CC1. The lowest BCUT2D eigenvalue weighted by atomic mass is 9.63. The molecule has 0 unspecified atom stereocenters. The maximum absolute atomic E-state index is 12.9. The van der Waals surface area contributed by atoms with Gasteiger partial charge in [-0.3, -0.25) is 9.59 Å². The maximum Gasteiger partial charge on any atom is 0.254 e. The third-order valence-corrected chi connectivity index (χ3v) is 6.49. The van der Waals surface area contributed by atoms with E-state index in [1.165, 1.54) is 6.21 Å². The Bertz CT molecular complexity index is 1030. The highest BCUT2D eigenvalue weighted by Gasteiger charge is 2.56. The van der Waals surface area contributed by atoms with Crippen LogP contribution >= 0.6 is 11.6 Å².